The Bertz CT molecular complexity index is 211. The fourth-order valence-electron chi connectivity index (χ4n) is 1.10. The molecule has 68 valence electrons. The Labute approximate surface area is 71.4 Å². The summed E-state index contributed by atoms with van der Waals surface area (Å²) in [4.78, 5) is 0. The van der Waals surface area contributed by atoms with Gasteiger partial charge >= 0.3 is 0 Å². The number of rotatable bonds is 4. The standard InChI is InChI=1S/C8H14N2O2/c1-2-3-7(9)8(11)6-4-10-12-5-6/h4-5,7-8,11H,2-3,9H2,1H3. The van der Waals surface area contributed by atoms with Crippen molar-refractivity contribution in [1.82, 2.24) is 5.16 Å². The largest absolute Gasteiger partial charge is 0.387 e. The highest BCUT2D eigenvalue weighted by atomic mass is 16.5. The van der Waals surface area contributed by atoms with Gasteiger partial charge < -0.3 is 15.4 Å². The van der Waals surface area contributed by atoms with E-state index in [0.717, 1.165) is 12.8 Å². The zero-order valence-electron chi connectivity index (χ0n) is 7.10. The molecule has 4 heteroatoms. The maximum atomic E-state index is 9.58. The van der Waals surface area contributed by atoms with Gasteiger partial charge in [0.25, 0.3) is 0 Å². The molecule has 1 aromatic rings. The molecule has 0 bridgehead atoms. The second kappa shape index (κ2) is 4.23. The van der Waals surface area contributed by atoms with E-state index in [1.807, 2.05) is 6.92 Å². The molecule has 0 aliphatic heterocycles. The molecule has 0 radical (unpaired) electrons. The van der Waals surface area contributed by atoms with Crippen LogP contribution in [0.15, 0.2) is 17.0 Å². The first-order valence-corrected chi connectivity index (χ1v) is 4.08. The summed E-state index contributed by atoms with van der Waals surface area (Å²) in [5.74, 6) is 0. The number of hydrogen-bond donors (Lipinski definition) is 2. The van der Waals surface area contributed by atoms with Crippen molar-refractivity contribution in [2.24, 2.45) is 5.73 Å². The van der Waals surface area contributed by atoms with Gasteiger partial charge in [-0.2, -0.15) is 0 Å². The first-order chi connectivity index (χ1) is 5.75. The fourth-order valence-corrected chi connectivity index (χ4v) is 1.10. The molecule has 0 saturated heterocycles. The Morgan fingerprint density at radius 2 is 2.50 bits per heavy atom. The van der Waals surface area contributed by atoms with E-state index in [1.54, 1.807) is 0 Å². The van der Waals surface area contributed by atoms with Crippen LogP contribution in [0.25, 0.3) is 0 Å². The van der Waals surface area contributed by atoms with E-state index in [2.05, 4.69) is 9.68 Å². The van der Waals surface area contributed by atoms with Gasteiger partial charge in [0, 0.05) is 11.6 Å². The van der Waals surface area contributed by atoms with E-state index in [4.69, 9.17) is 5.73 Å². The molecule has 0 aromatic carbocycles. The van der Waals surface area contributed by atoms with Crippen molar-refractivity contribution in [3.05, 3.63) is 18.0 Å². The van der Waals surface area contributed by atoms with Gasteiger partial charge in [0.1, 0.15) is 6.26 Å². The highest BCUT2D eigenvalue weighted by Gasteiger charge is 2.17. The zero-order valence-corrected chi connectivity index (χ0v) is 7.10. The normalized spacial score (nSPS) is 15.9. The van der Waals surface area contributed by atoms with Crippen LogP contribution >= 0.6 is 0 Å². The smallest absolute Gasteiger partial charge is 0.129 e. The zero-order chi connectivity index (χ0) is 8.97. The van der Waals surface area contributed by atoms with E-state index in [-0.39, 0.29) is 6.04 Å². The molecule has 2 unspecified atom stereocenters. The molecular weight excluding hydrogens is 156 g/mol. The van der Waals surface area contributed by atoms with Crippen molar-refractivity contribution in [1.29, 1.82) is 0 Å². The number of nitrogens with two attached hydrogens (primary N) is 1. The van der Waals surface area contributed by atoms with Crippen LogP contribution in [0.1, 0.15) is 31.4 Å². The van der Waals surface area contributed by atoms with Crippen molar-refractivity contribution in [3.63, 3.8) is 0 Å². The lowest BCUT2D eigenvalue weighted by atomic mass is 10.0. The molecule has 1 rings (SSSR count). The van der Waals surface area contributed by atoms with E-state index in [9.17, 15) is 5.11 Å². The van der Waals surface area contributed by atoms with Crippen molar-refractivity contribution >= 4 is 0 Å². The van der Waals surface area contributed by atoms with E-state index in [1.165, 1.54) is 12.5 Å². The molecule has 0 amide bonds. The van der Waals surface area contributed by atoms with Gasteiger partial charge in [-0.15, -0.1) is 0 Å². The topological polar surface area (TPSA) is 72.3 Å². The van der Waals surface area contributed by atoms with Crippen molar-refractivity contribution in [2.75, 3.05) is 0 Å². The van der Waals surface area contributed by atoms with Gasteiger partial charge in [-0.1, -0.05) is 18.5 Å². The molecule has 0 spiro atoms. The van der Waals surface area contributed by atoms with E-state index < -0.39 is 6.10 Å². The number of nitrogens with zero attached hydrogens (tertiary/aromatic N) is 1. The second-order valence-electron chi connectivity index (χ2n) is 2.86. The quantitative estimate of drug-likeness (QED) is 0.702. The first kappa shape index (κ1) is 9.22. The average molecular weight is 170 g/mol. The number of aliphatic hydroxyl groups is 1. The Hall–Kier alpha value is -0.870. The van der Waals surface area contributed by atoms with Crippen LogP contribution in [0, 0.1) is 0 Å². The average Bonchev–Trinajstić information content (AvgIpc) is 2.55. The first-order valence-electron chi connectivity index (χ1n) is 4.08. The minimum absolute atomic E-state index is 0.227. The van der Waals surface area contributed by atoms with Crippen LogP contribution in [0.2, 0.25) is 0 Å². The molecule has 0 saturated carbocycles. The maximum absolute atomic E-state index is 9.58. The monoisotopic (exact) mass is 170 g/mol. The number of aliphatic hydroxyl groups excluding tert-OH is 1. The SMILES string of the molecule is CCCC(N)C(O)c1cnoc1. The molecule has 0 aliphatic carbocycles. The number of hydrogen-bond acceptors (Lipinski definition) is 4. The minimum atomic E-state index is -0.656. The third-order valence-electron chi connectivity index (χ3n) is 1.82. The molecule has 2 atom stereocenters. The van der Waals surface area contributed by atoms with Crippen LogP contribution in [0.4, 0.5) is 0 Å². The fraction of sp³-hybridized carbons (Fsp3) is 0.625. The van der Waals surface area contributed by atoms with Crippen LogP contribution < -0.4 is 5.73 Å². The van der Waals surface area contributed by atoms with E-state index >= 15 is 0 Å². The van der Waals surface area contributed by atoms with Crippen LogP contribution in [0.5, 0.6) is 0 Å². The van der Waals surface area contributed by atoms with Crippen LogP contribution in [-0.4, -0.2) is 16.3 Å². The lowest BCUT2D eigenvalue weighted by molar-refractivity contribution is 0.141. The Morgan fingerprint density at radius 3 is 3.00 bits per heavy atom. The van der Waals surface area contributed by atoms with Gasteiger partial charge in [0.15, 0.2) is 0 Å². The minimum Gasteiger partial charge on any atom is -0.387 e. The van der Waals surface area contributed by atoms with Crippen molar-refractivity contribution in [2.45, 2.75) is 31.9 Å². The summed E-state index contributed by atoms with van der Waals surface area (Å²) < 4.78 is 4.60. The third kappa shape index (κ3) is 2.06. The highest BCUT2D eigenvalue weighted by Crippen LogP contribution is 2.17. The van der Waals surface area contributed by atoms with Crippen LogP contribution in [0.3, 0.4) is 0 Å². The predicted molar refractivity (Wildman–Crippen MR) is 44.3 cm³/mol. The summed E-state index contributed by atoms with van der Waals surface area (Å²) in [6.07, 6.45) is 4.01. The molecule has 0 aliphatic rings. The van der Waals surface area contributed by atoms with Gasteiger partial charge in [0.05, 0.1) is 12.3 Å². The second-order valence-corrected chi connectivity index (χ2v) is 2.86. The third-order valence-corrected chi connectivity index (χ3v) is 1.82. The summed E-state index contributed by atoms with van der Waals surface area (Å²) in [6, 6.07) is -0.227. The predicted octanol–water partition coefficient (Wildman–Crippen LogP) is 0.835. The van der Waals surface area contributed by atoms with Gasteiger partial charge in [0.2, 0.25) is 0 Å². The summed E-state index contributed by atoms with van der Waals surface area (Å²) in [6.45, 7) is 2.03. The van der Waals surface area contributed by atoms with E-state index in [0.29, 0.717) is 5.56 Å². The summed E-state index contributed by atoms with van der Waals surface area (Å²) in [5.41, 5.74) is 6.35. The Kier molecular flexibility index (Phi) is 3.25. The Balaban J connectivity index is 2.53. The van der Waals surface area contributed by atoms with Gasteiger partial charge in [-0.05, 0) is 6.42 Å². The summed E-state index contributed by atoms with van der Waals surface area (Å²) >= 11 is 0. The van der Waals surface area contributed by atoms with Gasteiger partial charge in [-0.25, -0.2) is 0 Å². The molecular formula is C8H14N2O2. The summed E-state index contributed by atoms with van der Waals surface area (Å²) in [7, 11) is 0. The lowest BCUT2D eigenvalue weighted by Gasteiger charge is -2.15. The number of aromatic nitrogens is 1. The molecule has 1 aromatic heterocycles. The lowest BCUT2D eigenvalue weighted by Crippen LogP contribution is -2.27. The van der Waals surface area contributed by atoms with Gasteiger partial charge in [-0.3, -0.25) is 0 Å². The Morgan fingerprint density at radius 1 is 1.75 bits per heavy atom. The summed E-state index contributed by atoms with van der Waals surface area (Å²) in [5, 5.41) is 13.1. The molecule has 12 heavy (non-hydrogen) atoms. The maximum Gasteiger partial charge on any atom is 0.129 e. The molecule has 4 nitrogen and oxygen atoms in total. The van der Waals surface area contributed by atoms with Crippen LogP contribution in [-0.2, 0) is 0 Å². The van der Waals surface area contributed by atoms with Crippen molar-refractivity contribution < 1.29 is 9.63 Å². The highest BCUT2D eigenvalue weighted by molar-refractivity contribution is 5.07. The molecule has 3 N–H and O–H groups in total. The molecule has 0 fully saturated rings. The van der Waals surface area contributed by atoms with Crippen molar-refractivity contribution in [3.8, 4) is 0 Å². The molecule has 1 heterocycles.